The molecule has 0 saturated carbocycles. The van der Waals surface area contributed by atoms with Gasteiger partial charge in [-0.15, -0.1) is 12.4 Å². The van der Waals surface area contributed by atoms with Gasteiger partial charge in [-0.2, -0.15) is 4.31 Å². The van der Waals surface area contributed by atoms with Crippen molar-refractivity contribution in [3.05, 3.63) is 83.9 Å². The first-order valence-corrected chi connectivity index (χ1v) is 11.7. The van der Waals surface area contributed by atoms with Crippen molar-refractivity contribution in [3.8, 4) is 0 Å². The molecule has 0 fully saturated rings. The maximum atomic E-state index is 12.5. The lowest BCUT2D eigenvalue weighted by Crippen LogP contribution is -2.43. The molecule has 4 rings (SSSR count). The van der Waals surface area contributed by atoms with Crippen LogP contribution in [-0.4, -0.2) is 41.5 Å². The van der Waals surface area contributed by atoms with Gasteiger partial charge in [0.1, 0.15) is 0 Å². The number of halogens is 1. The van der Waals surface area contributed by atoms with Gasteiger partial charge in [0.15, 0.2) is 0 Å². The molecule has 0 spiro atoms. The number of rotatable bonds is 6. The average molecular weight is 447 g/mol. The Bertz CT molecular complexity index is 1040. The van der Waals surface area contributed by atoms with Crippen LogP contribution in [0.15, 0.2) is 67.1 Å². The van der Waals surface area contributed by atoms with Gasteiger partial charge in [-0.1, -0.05) is 48.5 Å². The highest BCUT2D eigenvalue weighted by molar-refractivity contribution is 7.88. The van der Waals surface area contributed by atoms with Crippen molar-refractivity contribution in [1.82, 2.24) is 14.3 Å². The standard InChI is InChI=1S/C22H26N4O2S.ClH/c1-29(27,28)25-14-19-9-5-6-10-22(19)26(15-20-13-23-17-24-20)21(16-25)12-11-18-7-3-2-4-8-18;/h2-10,13,17,21H,11-12,14-16H2,1H3,(H,23,24);1H. The SMILES string of the molecule is CS(=O)(=O)N1Cc2ccccc2N(Cc2cnc[nH]2)C(CCc2ccccc2)C1.Cl. The molecule has 2 aromatic carbocycles. The molecule has 2 heterocycles. The predicted octanol–water partition coefficient (Wildman–Crippen LogP) is 3.61. The summed E-state index contributed by atoms with van der Waals surface area (Å²) in [6.07, 6.45) is 6.56. The lowest BCUT2D eigenvalue weighted by atomic mass is 10.0. The van der Waals surface area contributed by atoms with Gasteiger partial charge in [-0.25, -0.2) is 13.4 Å². The number of imidazole rings is 1. The Morgan fingerprint density at radius 2 is 1.83 bits per heavy atom. The maximum absolute atomic E-state index is 12.5. The molecule has 1 atom stereocenters. The van der Waals surface area contributed by atoms with Crippen LogP contribution in [0, 0.1) is 0 Å². The van der Waals surface area contributed by atoms with E-state index in [9.17, 15) is 8.42 Å². The highest BCUT2D eigenvalue weighted by Crippen LogP contribution is 2.31. The molecule has 8 heteroatoms. The quantitative estimate of drug-likeness (QED) is 0.628. The Balaban J connectivity index is 0.00000256. The van der Waals surface area contributed by atoms with Gasteiger partial charge in [0.2, 0.25) is 10.0 Å². The van der Waals surface area contributed by atoms with Crippen molar-refractivity contribution in [2.75, 3.05) is 17.7 Å². The summed E-state index contributed by atoms with van der Waals surface area (Å²) < 4.78 is 26.6. The topological polar surface area (TPSA) is 69.3 Å². The summed E-state index contributed by atoms with van der Waals surface area (Å²) in [4.78, 5) is 9.67. The summed E-state index contributed by atoms with van der Waals surface area (Å²) in [6.45, 7) is 1.53. The van der Waals surface area contributed by atoms with Crippen LogP contribution in [0.5, 0.6) is 0 Å². The van der Waals surface area contributed by atoms with Crippen molar-refractivity contribution in [3.63, 3.8) is 0 Å². The third-order valence-electron chi connectivity index (χ3n) is 5.48. The number of hydrogen-bond donors (Lipinski definition) is 1. The van der Waals surface area contributed by atoms with E-state index in [4.69, 9.17) is 0 Å². The molecular weight excluding hydrogens is 420 g/mol. The predicted molar refractivity (Wildman–Crippen MR) is 122 cm³/mol. The van der Waals surface area contributed by atoms with Crippen molar-refractivity contribution in [2.24, 2.45) is 0 Å². The number of hydrogen-bond acceptors (Lipinski definition) is 4. The van der Waals surface area contributed by atoms with E-state index in [2.05, 4.69) is 33.1 Å². The van der Waals surface area contributed by atoms with Gasteiger partial charge in [0, 0.05) is 31.0 Å². The van der Waals surface area contributed by atoms with Crippen LogP contribution in [0.25, 0.3) is 0 Å². The fourth-order valence-electron chi connectivity index (χ4n) is 3.96. The molecule has 1 aliphatic rings. The monoisotopic (exact) mass is 446 g/mol. The lowest BCUT2D eigenvalue weighted by molar-refractivity contribution is 0.373. The van der Waals surface area contributed by atoms with Crippen LogP contribution in [0.3, 0.4) is 0 Å². The summed E-state index contributed by atoms with van der Waals surface area (Å²) in [7, 11) is -3.31. The van der Waals surface area contributed by atoms with Crippen LogP contribution >= 0.6 is 12.4 Å². The molecule has 1 N–H and O–H groups in total. The van der Waals surface area contributed by atoms with Gasteiger partial charge < -0.3 is 9.88 Å². The second-order valence-electron chi connectivity index (χ2n) is 7.57. The molecule has 0 amide bonds. The van der Waals surface area contributed by atoms with Crippen molar-refractivity contribution >= 4 is 28.1 Å². The third-order valence-corrected chi connectivity index (χ3v) is 6.69. The normalized spacial score (nSPS) is 17.1. The minimum Gasteiger partial charge on any atom is -0.361 e. The average Bonchev–Trinajstić information content (AvgIpc) is 3.16. The van der Waals surface area contributed by atoms with Gasteiger partial charge in [0.05, 0.1) is 24.8 Å². The summed E-state index contributed by atoms with van der Waals surface area (Å²) in [5.74, 6) is 0. The van der Waals surface area contributed by atoms with E-state index in [0.717, 1.165) is 29.8 Å². The Labute approximate surface area is 184 Å². The molecule has 0 aliphatic carbocycles. The number of nitrogens with one attached hydrogen (secondary N) is 1. The molecular formula is C22H27ClN4O2S. The molecule has 0 radical (unpaired) electrons. The number of H-pyrrole nitrogens is 1. The largest absolute Gasteiger partial charge is 0.361 e. The van der Waals surface area contributed by atoms with E-state index in [0.29, 0.717) is 19.6 Å². The number of anilines is 1. The minimum atomic E-state index is -3.31. The van der Waals surface area contributed by atoms with Gasteiger partial charge >= 0.3 is 0 Å². The Morgan fingerprint density at radius 3 is 2.53 bits per heavy atom. The fraction of sp³-hybridized carbons (Fsp3) is 0.318. The molecule has 1 aliphatic heterocycles. The van der Waals surface area contributed by atoms with Crippen molar-refractivity contribution in [1.29, 1.82) is 0 Å². The van der Waals surface area contributed by atoms with E-state index in [-0.39, 0.29) is 18.4 Å². The highest BCUT2D eigenvalue weighted by Gasteiger charge is 2.31. The number of nitrogens with zero attached hydrogens (tertiary/aromatic N) is 3. The lowest BCUT2D eigenvalue weighted by Gasteiger charge is -2.33. The molecule has 6 nitrogen and oxygen atoms in total. The molecule has 3 aromatic rings. The van der Waals surface area contributed by atoms with Crippen molar-refractivity contribution in [2.45, 2.75) is 32.0 Å². The van der Waals surface area contributed by atoms with E-state index in [1.54, 1.807) is 10.6 Å². The number of benzene rings is 2. The van der Waals surface area contributed by atoms with E-state index in [1.807, 2.05) is 42.6 Å². The second kappa shape index (κ2) is 9.64. The van der Waals surface area contributed by atoms with Gasteiger partial charge in [-0.3, -0.25) is 0 Å². The first-order valence-electron chi connectivity index (χ1n) is 9.81. The van der Waals surface area contributed by atoms with Gasteiger partial charge in [0.25, 0.3) is 0 Å². The number of fused-ring (bicyclic) bond motifs is 1. The molecule has 0 saturated heterocycles. The third kappa shape index (κ3) is 5.22. The van der Waals surface area contributed by atoms with E-state index < -0.39 is 10.0 Å². The summed E-state index contributed by atoms with van der Waals surface area (Å²) in [5.41, 5.74) is 4.39. The zero-order valence-electron chi connectivity index (χ0n) is 16.9. The Morgan fingerprint density at radius 1 is 1.10 bits per heavy atom. The van der Waals surface area contributed by atoms with Gasteiger partial charge in [-0.05, 0) is 30.0 Å². The Hall–Kier alpha value is -2.35. The summed E-state index contributed by atoms with van der Waals surface area (Å²) >= 11 is 0. The number of aromatic amines is 1. The highest BCUT2D eigenvalue weighted by atomic mass is 35.5. The molecule has 160 valence electrons. The van der Waals surface area contributed by atoms with Crippen molar-refractivity contribution < 1.29 is 8.42 Å². The molecule has 0 bridgehead atoms. The zero-order chi connectivity index (χ0) is 20.3. The number of para-hydroxylation sites is 1. The van der Waals surface area contributed by atoms with Crippen LogP contribution in [0.1, 0.15) is 23.2 Å². The summed E-state index contributed by atoms with van der Waals surface area (Å²) in [6, 6.07) is 18.5. The number of aromatic nitrogens is 2. The maximum Gasteiger partial charge on any atom is 0.211 e. The molecule has 1 aromatic heterocycles. The fourth-order valence-corrected chi connectivity index (χ4v) is 4.77. The van der Waals surface area contributed by atoms with E-state index in [1.165, 1.54) is 11.8 Å². The molecule has 1 unspecified atom stereocenters. The first-order chi connectivity index (χ1) is 14.0. The smallest absolute Gasteiger partial charge is 0.211 e. The summed E-state index contributed by atoms with van der Waals surface area (Å²) in [5, 5.41) is 0. The van der Waals surface area contributed by atoms with E-state index >= 15 is 0 Å². The van der Waals surface area contributed by atoms with Crippen LogP contribution in [0.2, 0.25) is 0 Å². The van der Waals surface area contributed by atoms with Crippen LogP contribution in [0.4, 0.5) is 5.69 Å². The first kappa shape index (κ1) is 22.3. The number of sulfonamides is 1. The van der Waals surface area contributed by atoms with Crippen LogP contribution in [-0.2, 0) is 29.5 Å². The number of aryl methyl sites for hydroxylation is 1. The molecule has 30 heavy (non-hydrogen) atoms. The Kier molecular flexibility index (Phi) is 7.18. The van der Waals surface area contributed by atoms with Crippen LogP contribution < -0.4 is 4.90 Å². The minimum absolute atomic E-state index is 0. The second-order valence-corrected chi connectivity index (χ2v) is 9.55. The zero-order valence-corrected chi connectivity index (χ0v) is 18.6.